The maximum atomic E-state index is 13.4. The van der Waals surface area contributed by atoms with Crippen molar-refractivity contribution in [2.75, 3.05) is 13.1 Å². The molecule has 1 aliphatic rings. The van der Waals surface area contributed by atoms with Crippen molar-refractivity contribution in [3.05, 3.63) is 69.5 Å². The van der Waals surface area contributed by atoms with Gasteiger partial charge in [0.05, 0.1) is 22.3 Å². The highest BCUT2D eigenvalue weighted by Crippen LogP contribution is 2.26. The zero-order chi connectivity index (χ0) is 18.7. The van der Waals surface area contributed by atoms with Crippen molar-refractivity contribution in [1.82, 2.24) is 4.90 Å². The third-order valence-corrected chi connectivity index (χ3v) is 4.89. The number of carbonyl (C=O) groups excluding carboxylic acids is 1. The Kier molecular flexibility index (Phi) is 5.79. The van der Waals surface area contributed by atoms with E-state index >= 15 is 0 Å². The number of carbonyl (C=O) groups is 1. The summed E-state index contributed by atoms with van der Waals surface area (Å²) in [5.41, 5.74) is 1.90. The van der Waals surface area contributed by atoms with Crippen LogP contribution in [0.4, 0.5) is 4.39 Å². The number of rotatable bonds is 5. The Hall–Kier alpha value is -2.11. The van der Waals surface area contributed by atoms with Crippen molar-refractivity contribution in [1.29, 1.82) is 0 Å². The van der Waals surface area contributed by atoms with Crippen LogP contribution in [0.2, 0.25) is 10.0 Å². The summed E-state index contributed by atoms with van der Waals surface area (Å²) in [6.07, 6.45) is 0.280. The van der Waals surface area contributed by atoms with Gasteiger partial charge in [-0.05, 0) is 37.3 Å². The van der Waals surface area contributed by atoms with Gasteiger partial charge in [0, 0.05) is 24.1 Å². The van der Waals surface area contributed by atoms with Crippen LogP contribution >= 0.6 is 23.2 Å². The zero-order valence-electron chi connectivity index (χ0n) is 14.1. The molecule has 1 aliphatic heterocycles. The summed E-state index contributed by atoms with van der Waals surface area (Å²) in [6, 6.07) is 10.9. The van der Waals surface area contributed by atoms with Crippen LogP contribution in [0.25, 0.3) is 0 Å². The van der Waals surface area contributed by atoms with E-state index in [1.807, 2.05) is 13.0 Å². The molecule has 0 N–H and O–H groups in total. The summed E-state index contributed by atoms with van der Waals surface area (Å²) >= 11 is 12.0. The van der Waals surface area contributed by atoms with Gasteiger partial charge in [0.25, 0.3) is 5.91 Å². The highest BCUT2D eigenvalue weighted by Gasteiger charge is 2.27. The lowest BCUT2D eigenvalue weighted by Crippen LogP contribution is -2.37. The third kappa shape index (κ3) is 4.17. The molecule has 0 spiro atoms. The Morgan fingerprint density at radius 1 is 1.27 bits per heavy atom. The van der Waals surface area contributed by atoms with Gasteiger partial charge in [-0.15, -0.1) is 0 Å². The summed E-state index contributed by atoms with van der Waals surface area (Å²) in [4.78, 5) is 19.7. The lowest BCUT2D eigenvalue weighted by molar-refractivity contribution is 0.0435. The predicted octanol–water partition coefficient (Wildman–Crippen LogP) is 4.79. The fourth-order valence-corrected chi connectivity index (χ4v) is 3.08. The van der Waals surface area contributed by atoms with Crippen molar-refractivity contribution in [2.45, 2.75) is 19.4 Å². The molecule has 0 saturated carbocycles. The molecule has 0 bridgehead atoms. The molecule has 3 rings (SSSR count). The van der Waals surface area contributed by atoms with E-state index in [1.54, 1.807) is 23.1 Å². The predicted molar refractivity (Wildman–Crippen MR) is 100 cm³/mol. The minimum Gasteiger partial charge on any atom is -0.390 e. The highest BCUT2D eigenvalue weighted by atomic mass is 35.5. The monoisotopic (exact) mass is 394 g/mol. The van der Waals surface area contributed by atoms with Crippen molar-refractivity contribution < 1.29 is 14.0 Å². The molecule has 136 valence electrons. The van der Waals surface area contributed by atoms with Crippen LogP contribution in [-0.4, -0.2) is 35.7 Å². The van der Waals surface area contributed by atoms with Crippen LogP contribution in [0, 0.1) is 5.82 Å². The van der Waals surface area contributed by atoms with Gasteiger partial charge in [0.15, 0.2) is 6.10 Å². The maximum absolute atomic E-state index is 13.4. The normalized spacial score (nSPS) is 16.2. The van der Waals surface area contributed by atoms with Crippen molar-refractivity contribution >= 4 is 34.8 Å². The van der Waals surface area contributed by atoms with Gasteiger partial charge in [-0.25, -0.2) is 4.39 Å². The first-order chi connectivity index (χ1) is 12.5. The smallest absolute Gasteiger partial charge is 0.254 e. The van der Waals surface area contributed by atoms with Crippen LogP contribution in [0.15, 0.2) is 47.6 Å². The molecule has 0 fully saturated rings. The molecule has 0 radical (unpaired) electrons. The Morgan fingerprint density at radius 2 is 2.08 bits per heavy atom. The van der Waals surface area contributed by atoms with Gasteiger partial charge in [0.1, 0.15) is 5.82 Å². The summed E-state index contributed by atoms with van der Waals surface area (Å²) in [5.74, 6) is -0.673. The molecule has 7 heteroatoms. The van der Waals surface area contributed by atoms with E-state index in [0.717, 1.165) is 11.3 Å². The zero-order valence-corrected chi connectivity index (χ0v) is 15.6. The molecule has 1 heterocycles. The quantitative estimate of drug-likeness (QED) is 0.731. The van der Waals surface area contributed by atoms with Crippen molar-refractivity contribution in [2.24, 2.45) is 5.16 Å². The number of amides is 1. The van der Waals surface area contributed by atoms with E-state index in [9.17, 15) is 9.18 Å². The lowest BCUT2D eigenvalue weighted by atomic mass is 10.0. The number of benzene rings is 2. The van der Waals surface area contributed by atoms with Crippen molar-refractivity contribution in [3.63, 3.8) is 0 Å². The minimum atomic E-state index is -0.436. The molecule has 0 aromatic heterocycles. The van der Waals surface area contributed by atoms with Gasteiger partial charge in [-0.2, -0.15) is 0 Å². The average Bonchev–Trinajstić information content (AvgIpc) is 3.10. The van der Waals surface area contributed by atoms with Crippen LogP contribution < -0.4 is 0 Å². The summed E-state index contributed by atoms with van der Waals surface area (Å²) in [5, 5.41) is 5.04. The minimum absolute atomic E-state index is 0.237. The van der Waals surface area contributed by atoms with E-state index in [0.29, 0.717) is 35.1 Å². The first-order valence-corrected chi connectivity index (χ1v) is 8.96. The van der Waals surface area contributed by atoms with E-state index in [4.69, 9.17) is 28.0 Å². The summed E-state index contributed by atoms with van der Waals surface area (Å²) in [7, 11) is 0. The Balaban J connectivity index is 1.65. The SMILES string of the molecule is CCN(C[C@H]1CC(c2ccc(Cl)c(Cl)c2)=NO1)C(=O)c1cccc(F)c1. The molecule has 0 saturated heterocycles. The van der Waals surface area contributed by atoms with Gasteiger partial charge in [-0.3, -0.25) is 4.79 Å². The van der Waals surface area contributed by atoms with Crippen molar-refractivity contribution in [3.8, 4) is 0 Å². The van der Waals surface area contributed by atoms with E-state index < -0.39 is 5.82 Å². The Labute approximate surface area is 161 Å². The number of nitrogens with zero attached hydrogens (tertiary/aromatic N) is 2. The maximum Gasteiger partial charge on any atom is 0.254 e. The lowest BCUT2D eigenvalue weighted by Gasteiger charge is -2.23. The average molecular weight is 395 g/mol. The Morgan fingerprint density at radius 3 is 2.77 bits per heavy atom. The fraction of sp³-hybridized carbons (Fsp3) is 0.263. The number of hydrogen-bond acceptors (Lipinski definition) is 3. The fourth-order valence-electron chi connectivity index (χ4n) is 2.78. The number of oxime groups is 1. The van der Waals surface area contributed by atoms with Gasteiger partial charge in [-0.1, -0.05) is 40.5 Å². The van der Waals surface area contributed by atoms with Crippen LogP contribution in [-0.2, 0) is 4.84 Å². The van der Waals surface area contributed by atoms with Gasteiger partial charge in [0.2, 0.25) is 0 Å². The first-order valence-electron chi connectivity index (χ1n) is 8.21. The molecule has 1 atom stereocenters. The molecule has 26 heavy (non-hydrogen) atoms. The van der Waals surface area contributed by atoms with E-state index in [1.165, 1.54) is 18.2 Å². The second kappa shape index (κ2) is 8.06. The number of likely N-dealkylation sites (N-methyl/N-ethyl adjacent to an activating group) is 1. The number of halogens is 3. The van der Waals surface area contributed by atoms with Gasteiger partial charge >= 0.3 is 0 Å². The van der Waals surface area contributed by atoms with Crippen LogP contribution in [0.1, 0.15) is 29.3 Å². The van der Waals surface area contributed by atoms with Gasteiger partial charge < -0.3 is 9.74 Å². The standard InChI is InChI=1S/C19H17Cl2FN2O2/c1-2-24(19(25)13-4-3-5-14(22)8-13)11-15-10-18(23-26-15)12-6-7-16(20)17(21)9-12/h3-9,15H,2,10-11H2,1H3/t15-/m1/s1. The molecular formula is C19H17Cl2FN2O2. The molecule has 2 aromatic carbocycles. The van der Waals surface area contributed by atoms with E-state index in [-0.39, 0.29) is 12.0 Å². The largest absolute Gasteiger partial charge is 0.390 e. The molecular weight excluding hydrogens is 378 g/mol. The summed E-state index contributed by atoms with van der Waals surface area (Å²) < 4.78 is 13.4. The summed E-state index contributed by atoms with van der Waals surface area (Å²) in [6.45, 7) is 2.71. The highest BCUT2D eigenvalue weighted by molar-refractivity contribution is 6.42. The second-order valence-electron chi connectivity index (χ2n) is 5.95. The first kappa shape index (κ1) is 18.7. The molecule has 0 unspecified atom stereocenters. The van der Waals surface area contributed by atoms with Crippen LogP contribution in [0.3, 0.4) is 0 Å². The topological polar surface area (TPSA) is 41.9 Å². The molecule has 4 nitrogen and oxygen atoms in total. The Bertz CT molecular complexity index is 857. The molecule has 0 aliphatic carbocycles. The molecule has 2 aromatic rings. The number of hydrogen-bond donors (Lipinski definition) is 0. The third-order valence-electron chi connectivity index (χ3n) is 4.15. The molecule has 1 amide bonds. The van der Waals surface area contributed by atoms with Crippen LogP contribution in [0.5, 0.6) is 0 Å². The second-order valence-corrected chi connectivity index (χ2v) is 6.77. The van der Waals surface area contributed by atoms with E-state index in [2.05, 4.69) is 5.16 Å².